The smallest absolute Gasteiger partial charge is 0.134 e. The maximum Gasteiger partial charge on any atom is 0.134 e. The fraction of sp³-hybridized carbons (Fsp3) is 0.429. The van der Waals surface area contributed by atoms with Crippen LogP contribution in [0.25, 0.3) is 0 Å². The molecule has 134 valence electrons. The van der Waals surface area contributed by atoms with Gasteiger partial charge in [0.1, 0.15) is 11.5 Å². The van der Waals surface area contributed by atoms with E-state index in [0.29, 0.717) is 16.0 Å². The molecule has 1 atom stereocenters. The van der Waals surface area contributed by atoms with Crippen molar-refractivity contribution in [1.29, 1.82) is 0 Å². The Morgan fingerprint density at radius 3 is 1.76 bits per heavy atom. The van der Waals surface area contributed by atoms with Gasteiger partial charge in [0.25, 0.3) is 0 Å². The van der Waals surface area contributed by atoms with E-state index in [1.165, 1.54) is 0 Å². The van der Waals surface area contributed by atoms with E-state index >= 15 is 0 Å². The number of halogens is 2. The Labute approximate surface area is 159 Å². The van der Waals surface area contributed by atoms with Crippen LogP contribution in [0.4, 0.5) is 0 Å². The first-order valence-electron chi connectivity index (χ1n) is 8.61. The molecule has 0 radical (unpaired) electrons. The molecular weight excluding hydrogens is 355 g/mol. The van der Waals surface area contributed by atoms with E-state index in [0.717, 1.165) is 30.4 Å². The van der Waals surface area contributed by atoms with Crippen molar-refractivity contribution >= 4 is 23.2 Å². The lowest BCUT2D eigenvalue weighted by Crippen LogP contribution is -2.41. The number of phenols is 2. The van der Waals surface area contributed by atoms with E-state index in [2.05, 4.69) is 20.8 Å². The van der Waals surface area contributed by atoms with Crippen LogP contribution >= 0.6 is 23.2 Å². The monoisotopic (exact) mass is 378 g/mol. The number of hydrogen-bond donors (Lipinski definition) is 2. The predicted octanol–water partition coefficient (Wildman–Crippen LogP) is 6.54. The van der Waals surface area contributed by atoms with Crippen LogP contribution in [-0.4, -0.2) is 10.2 Å². The van der Waals surface area contributed by atoms with Gasteiger partial charge in [0.05, 0.1) is 10.0 Å². The summed E-state index contributed by atoms with van der Waals surface area (Å²) in [6.45, 7) is 6.86. The molecule has 0 saturated heterocycles. The van der Waals surface area contributed by atoms with Gasteiger partial charge in [0.15, 0.2) is 0 Å². The third-order valence-corrected chi connectivity index (χ3v) is 5.98. The minimum Gasteiger partial charge on any atom is -0.506 e. The second-order valence-electron chi connectivity index (χ2n) is 8.27. The third-order valence-electron chi connectivity index (χ3n) is 5.38. The Bertz CT molecular complexity index is 747. The van der Waals surface area contributed by atoms with Crippen LogP contribution in [0.3, 0.4) is 0 Å². The van der Waals surface area contributed by atoms with E-state index in [-0.39, 0.29) is 22.3 Å². The largest absolute Gasteiger partial charge is 0.506 e. The second kappa shape index (κ2) is 6.41. The summed E-state index contributed by atoms with van der Waals surface area (Å²) in [5, 5.41) is 20.4. The van der Waals surface area contributed by atoms with Gasteiger partial charge in [-0.15, -0.1) is 0 Å². The highest BCUT2D eigenvalue weighted by Gasteiger charge is 2.45. The Hall–Kier alpha value is -1.38. The van der Waals surface area contributed by atoms with Crippen molar-refractivity contribution in [3.63, 3.8) is 0 Å². The molecule has 2 aromatic rings. The molecule has 0 amide bonds. The Balaban J connectivity index is 2.23. The summed E-state index contributed by atoms with van der Waals surface area (Å²) in [4.78, 5) is 0. The van der Waals surface area contributed by atoms with Gasteiger partial charge in [0, 0.05) is 5.41 Å². The van der Waals surface area contributed by atoms with E-state index in [4.69, 9.17) is 23.2 Å². The molecular formula is C21H24Cl2O2. The second-order valence-corrected chi connectivity index (χ2v) is 9.08. The lowest BCUT2D eigenvalue weighted by molar-refractivity contribution is 0.127. The minimum atomic E-state index is -0.254. The molecule has 1 unspecified atom stereocenters. The van der Waals surface area contributed by atoms with Crippen molar-refractivity contribution in [2.45, 2.75) is 45.4 Å². The highest BCUT2D eigenvalue weighted by Crippen LogP contribution is 2.54. The first-order valence-corrected chi connectivity index (χ1v) is 9.37. The highest BCUT2D eigenvalue weighted by molar-refractivity contribution is 6.32. The Morgan fingerprint density at radius 2 is 1.36 bits per heavy atom. The van der Waals surface area contributed by atoms with E-state index < -0.39 is 0 Å². The van der Waals surface area contributed by atoms with Crippen LogP contribution in [0.1, 0.15) is 51.2 Å². The van der Waals surface area contributed by atoms with E-state index in [9.17, 15) is 10.2 Å². The van der Waals surface area contributed by atoms with Crippen molar-refractivity contribution < 1.29 is 10.2 Å². The minimum absolute atomic E-state index is 0.0902. The fourth-order valence-electron chi connectivity index (χ4n) is 4.79. The molecule has 1 saturated carbocycles. The molecule has 0 aliphatic heterocycles. The lowest BCUT2D eigenvalue weighted by Gasteiger charge is -2.48. The average Bonchev–Trinajstić information content (AvgIpc) is 2.50. The van der Waals surface area contributed by atoms with Crippen LogP contribution < -0.4 is 0 Å². The average molecular weight is 379 g/mol. The summed E-state index contributed by atoms with van der Waals surface area (Å²) in [5.74, 6) is 0.712. The van der Waals surface area contributed by atoms with Gasteiger partial charge in [-0.25, -0.2) is 0 Å². The summed E-state index contributed by atoms with van der Waals surface area (Å²) in [6.07, 6.45) is 3.08. The van der Waals surface area contributed by atoms with Crippen molar-refractivity contribution in [2.75, 3.05) is 0 Å². The van der Waals surface area contributed by atoms with Crippen molar-refractivity contribution in [3.05, 3.63) is 57.6 Å². The van der Waals surface area contributed by atoms with Gasteiger partial charge in [-0.3, -0.25) is 0 Å². The highest BCUT2D eigenvalue weighted by atomic mass is 35.5. The zero-order valence-electron chi connectivity index (χ0n) is 14.8. The third kappa shape index (κ3) is 3.47. The maximum absolute atomic E-state index is 9.85. The molecule has 1 aliphatic rings. The maximum atomic E-state index is 9.85. The molecule has 4 heteroatoms. The number of aromatic hydroxyl groups is 2. The molecule has 2 aromatic carbocycles. The summed E-state index contributed by atoms with van der Waals surface area (Å²) in [6, 6.07) is 11.0. The van der Waals surface area contributed by atoms with Gasteiger partial charge in [0.2, 0.25) is 0 Å². The Morgan fingerprint density at radius 1 is 0.880 bits per heavy atom. The first kappa shape index (κ1) is 18.4. The van der Waals surface area contributed by atoms with Crippen LogP contribution in [0.2, 0.25) is 10.0 Å². The molecule has 0 aromatic heterocycles. The van der Waals surface area contributed by atoms with Crippen LogP contribution in [0, 0.1) is 11.3 Å². The molecule has 1 fully saturated rings. The number of benzene rings is 2. The molecule has 0 bridgehead atoms. The molecule has 3 rings (SSSR count). The van der Waals surface area contributed by atoms with Crippen molar-refractivity contribution in [2.24, 2.45) is 11.3 Å². The van der Waals surface area contributed by atoms with Crippen molar-refractivity contribution in [1.82, 2.24) is 0 Å². The standard InChI is InChI=1S/C21H24Cl2O2/c1-13-10-20(2,3)12-21(11-13,14-4-6-18(24)16(22)8-14)15-5-7-19(25)17(23)9-15/h4-9,13,24-25H,10-12H2,1-3H3. The van der Waals surface area contributed by atoms with Gasteiger partial charge in [-0.1, -0.05) is 56.1 Å². The molecule has 2 nitrogen and oxygen atoms in total. The normalized spacial score (nSPS) is 21.9. The molecule has 0 heterocycles. The molecule has 0 spiro atoms. The first-order chi connectivity index (χ1) is 11.6. The summed E-state index contributed by atoms with van der Waals surface area (Å²) in [7, 11) is 0. The van der Waals surface area contributed by atoms with E-state index in [1.54, 1.807) is 12.1 Å². The number of hydrogen-bond acceptors (Lipinski definition) is 2. The molecule has 25 heavy (non-hydrogen) atoms. The van der Waals surface area contributed by atoms with Crippen LogP contribution in [0.5, 0.6) is 11.5 Å². The number of rotatable bonds is 2. The SMILES string of the molecule is CC1CC(C)(C)CC(c2ccc(O)c(Cl)c2)(c2ccc(O)c(Cl)c2)C1. The van der Waals surface area contributed by atoms with Gasteiger partial charge >= 0.3 is 0 Å². The quantitative estimate of drug-likeness (QED) is 0.622. The van der Waals surface area contributed by atoms with Gasteiger partial charge in [-0.2, -0.15) is 0 Å². The Kier molecular flexibility index (Phi) is 4.72. The van der Waals surface area contributed by atoms with Gasteiger partial charge < -0.3 is 10.2 Å². The zero-order chi connectivity index (χ0) is 18.4. The number of phenolic OH excluding ortho intramolecular Hbond substituents is 2. The van der Waals surface area contributed by atoms with Crippen LogP contribution in [-0.2, 0) is 5.41 Å². The van der Waals surface area contributed by atoms with Crippen LogP contribution in [0.15, 0.2) is 36.4 Å². The van der Waals surface area contributed by atoms with Crippen molar-refractivity contribution in [3.8, 4) is 11.5 Å². The van der Waals surface area contributed by atoms with Gasteiger partial charge in [-0.05, 0) is 66.0 Å². The summed E-state index contributed by atoms with van der Waals surface area (Å²) >= 11 is 12.5. The molecule has 1 aliphatic carbocycles. The molecule has 2 N–H and O–H groups in total. The lowest BCUT2D eigenvalue weighted by atomic mass is 9.55. The zero-order valence-corrected chi connectivity index (χ0v) is 16.3. The predicted molar refractivity (Wildman–Crippen MR) is 104 cm³/mol. The summed E-state index contributed by atoms with van der Waals surface area (Å²) < 4.78 is 0. The fourth-order valence-corrected chi connectivity index (χ4v) is 5.15. The summed E-state index contributed by atoms with van der Waals surface area (Å²) in [5.41, 5.74) is 2.07. The van der Waals surface area contributed by atoms with E-state index in [1.807, 2.05) is 24.3 Å². The topological polar surface area (TPSA) is 40.5 Å².